The maximum Gasteiger partial charge on any atom is 0.133 e. The van der Waals surface area contributed by atoms with Crippen LogP contribution in [-0.4, -0.2) is 27.9 Å². The average molecular weight is 221 g/mol. The van der Waals surface area contributed by atoms with Gasteiger partial charge in [0.2, 0.25) is 0 Å². The minimum atomic E-state index is -0.238. The standard InChI is InChI=1S/C11H19N5/c1-11(2,8-12)5-7-13-6-4-10-15-14-9-16(10)3/h9,13H,4-7H2,1-3H3. The van der Waals surface area contributed by atoms with E-state index in [9.17, 15) is 0 Å². The first-order valence-corrected chi connectivity index (χ1v) is 5.50. The smallest absolute Gasteiger partial charge is 0.133 e. The fraction of sp³-hybridized carbons (Fsp3) is 0.727. The topological polar surface area (TPSA) is 66.5 Å². The monoisotopic (exact) mass is 221 g/mol. The van der Waals surface area contributed by atoms with Crippen LogP contribution in [0.15, 0.2) is 6.33 Å². The summed E-state index contributed by atoms with van der Waals surface area (Å²) in [6.45, 7) is 5.64. The predicted molar refractivity (Wildman–Crippen MR) is 61.6 cm³/mol. The van der Waals surface area contributed by atoms with E-state index in [1.54, 1.807) is 6.33 Å². The Morgan fingerprint density at radius 1 is 1.50 bits per heavy atom. The summed E-state index contributed by atoms with van der Waals surface area (Å²) in [7, 11) is 1.94. The Kier molecular flexibility index (Phi) is 4.44. The Labute approximate surface area is 96.5 Å². The highest BCUT2D eigenvalue weighted by atomic mass is 15.2. The highest BCUT2D eigenvalue weighted by Gasteiger charge is 2.15. The predicted octanol–water partition coefficient (Wildman–Crippen LogP) is 0.887. The lowest BCUT2D eigenvalue weighted by atomic mass is 9.91. The molecule has 0 aliphatic heterocycles. The van der Waals surface area contributed by atoms with Crippen molar-refractivity contribution in [3.8, 4) is 6.07 Å². The zero-order valence-electron chi connectivity index (χ0n) is 10.2. The van der Waals surface area contributed by atoms with E-state index in [1.165, 1.54) is 0 Å². The molecule has 0 aliphatic rings. The van der Waals surface area contributed by atoms with E-state index in [-0.39, 0.29) is 5.41 Å². The molecule has 0 aliphatic carbocycles. The molecule has 1 heterocycles. The second kappa shape index (κ2) is 5.61. The Morgan fingerprint density at radius 3 is 2.81 bits per heavy atom. The van der Waals surface area contributed by atoms with Gasteiger partial charge in [-0.05, 0) is 26.8 Å². The molecule has 5 heteroatoms. The fourth-order valence-corrected chi connectivity index (χ4v) is 1.32. The number of nitrogens with zero attached hydrogens (tertiary/aromatic N) is 4. The molecular weight excluding hydrogens is 202 g/mol. The van der Waals surface area contributed by atoms with E-state index >= 15 is 0 Å². The number of aromatic nitrogens is 3. The highest BCUT2D eigenvalue weighted by molar-refractivity contribution is 4.92. The molecule has 0 saturated heterocycles. The molecule has 1 rings (SSSR count). The van der Waals surface area contributed by atoms with Crippen molar-refractivity contribution >= 4 is 0 Å². The van der Waals surface area contributed by atoms with Crippen molar-refractivity contribution in [2.75, 3.05) is 13.1 Å². The zero-order valence-corrected chi connectivity index (χ0v) is 10.2. The van der Waals surface area contributed by atoms with E-state index in [1.807, 2.05) is 25.5 Å². The van der Waals surface area contributed by atoms with Crippen LogP contribution in [0.2, 0.25) is 0 Å². The Bertz CT molecular complexity index is 361. The van der Waals surface area contributed by atoms with Gasteiger partial charge in [-0.25, -0.2) is 0 Å². The average Bonchev–Trinajstić information content (AvgIpc) is 2.64. The van der Waals surface area contributed by atoms with Gasteiger partial charge in [0.1, 0.15) is 12.2 Å². The summed E-state index contributed by atoms with van der Waals surface area (Å²) in [5.74, 6) is 0.979. The number of rotatable bonds is 6. The number of hydrogen-bond donors (Lipinski definition) is 1. The van der Waals surface area contributed by atoms with Crippen LogP contribution >= 0.6 is 0 Å². The molecule has 1 aromatic rings. The quantitative estimate of drug-likeness (QED) is 0.724. The van der Waals surface area contributed by atoms with Gasteiger partial charge in [0.15, 0.2) is 0 Å². The van der Waals surface area contributed by atoms with Crippen LogP contribution < -0.4 is 5.32 Å². The molecule has 0 fully saturated rings. The fourth-order valence-electron chi connectivity index (χ4n) is 1.32. The van der Waals surface area contributed by atoms with E-state index in [2.05, 4.69) is 21.6 Å². The van der Waals surface area contributed by atoms with Crippen LogP contribution in [0.3, 0.4) is 0 Å². The van der Waals surface area contributed by atoms with Crippen LogP contribution in [0.25, 0.3) is 0 Å². The van der Waals surface area contributed by atoms with Crippen molar-refractivity contribution in [3.63, 3.8) is 0 Å². The van der Waals surface area contributed by atoms with Gasteiger partial charge < -0.3 is 9.88 Å². The summed E-state index contributed by atoms with van der Waals surface area (Å²) in [4.78, 5) is 0. The van der Waals surface area contributed by atoms with Gasteiger partial charge in [-0.1, -0.05) is 0 Å². The first-order chi connectivity index (χ1) is 7.55. The van der Waals surface area contributed by atoms with Crippen LogP contribution in [0.5, 0.6) is 0 Å². The first-order valence-electron chi connectivity index (χ1n) is 5.50. The van der Waals surface area contributed by atoms with Gasteiger partial charge >= 0.3 is 0 Å². The van der Waals surface area contributed by atoms with E-state index < -0.39 is 0 Å². The maximum atomic E-state index is 8.84. The molecule has 0 amide bonds. The third-order valence-corrected chi connectivity index (χ3v) is 2.56. The lowest BCUT2D eigenvalue weighted by molar-refractivity contribution is 0.433. The van der Waals surface area contributed by atoms with Gasteiger partial charge in [0.25, 0.3) is 0 Å². The Hall–Kier alpha value is -1.41. The number of hydrogen-bond acceptors (Lipinski definition) is 4. The summed E-state index contributed by atoms with van der Waals surface area (Å²) in [5, 5.41) is 20.0. The molecule has 0 bridgehead atoms. The van der Waals surface area contributed by atoms with Crippen molar-refractivity contribution in [2.45, 2.75) is 26.7 Å². The molecule has 0 atom stereocenters. The van der Waals surface area contributed by atoms with Crippen molar-refractivity contribution in [2.24, 2.45) is 12.5 Å². The molecule has 0 radical (unpaired) electrons. The van der Waals surface area contributed by atoms with Crippen LogP contribution in [0.1, 0.15) is 26.1 Å². The molecule has 5 nitrogen and oxygen atoms in total. The van der Waals surface area contributed by atoms with Gasteiger partial charge in [0, 0.05) is 20.0 Å². The number of aryl methyl sites for hydroxylation is 1. The molecule has 1 N–H and O–H groups in total. The summed E-state index contributed by atoms with van der Waals surface area (Å²) in [6.07, 6.45) is 3.43. The van der Waals surface area contributed by atoms with Gasteiger partial charge in [-0.3, -0.25) is 0 Å². The van der Waals surface area contributed by atoms with Gasteiger partial charge in [0.05, 0.1) is 11.5 Å². The molecule has 0 saturated carbocycles. The van der Waals surface area contributed by atoms with E-state index in [0.29, 0.717) is 0 Å². The lowest BCUT2D eigenvalue weighted by Gasteiger charge is -2.14. The summed E-state index contributed by atoms with van der Waals surface area (Å²) >= 11 is 0. The van der Waals surface area contributed by atoms with Crippen molar-refractivity contribution < 1.29 is 0 Å². The second-order valence-electron chi connectivity index (χ2n) is 4.60. The molecule has 1 aromatic heterocycles. The van der Waals surface area contributed by atoms with Gasteiger partial charge in [-0.15, -0.1) is 10.2 Å². The molecular formula is C11H19N5. The van der Waals surface area contributed by atoms with Crippen molar-refractivity contribution in [3.05, 3.63) is 12.2 Å². The molecule has 0 unspecified atom stereocenters. The Balaban J connectivity index is 2.14. The van der Waals surface area contributed by atoms with E-state index in [4.69, 9.17) is 5.26 Å². The maximum absolute atomic E-state index is 8.84. The normalized spacial score (nSPS) is 11.4. The molecule has 88 valence electrons. The molecule has 0 spiro atoms. The summed E-state index contributed by atoms with van der Waals surface area (Å²) < 4.78 is 1.92. The molecule has 0 aromatic carbocycles. The van der Waals surface area contributed by atoms with Crippen molar-refractivity contribution in [1.82, 2.24) is 20.1 Å². The SMILES string of the molecule is Cn1cnnc1CCNCCC(C)(C)C#N. The first kappa shape index (κ1) is 12.7. The second-order valence-corrected chi connectivity index (χ2v) is 4.60. The largest absolute Gasteiger partial charge is 0.321 e. The third kappa shape index (κ3) is 3.99. The molecule has 16 heavy (non-hydrogen) atoms. The zero-order chi connectivity index (χ0) is 12.0. The minimum Gasteiger partial charge on any atom is -0.321 e. The number of nitriles is 1. The third-order valence-electron chi connectivity index (χ3n) is 2.56. The highest BCUT2D eigenvalue weighted by Crippen LogP contribution is 2.16. The van der Waals surface area contributed by atoms with Crippen molar-refractivity contribution in [1.29, 1.82) is 5.26 Å². The van der Waals surface area contributed by atoms with Gasteiger partial charge in [-0.2, -0.15) is 5.26 Å². The lowest BCUT2D eigenvalue weighted by Crippen LogP contribution is -2.24. The van der Waals surface area contributed by atoms with Crippen LogP contribution in [-0.2, 0) is 13.5 Å². The Morgan fingerprint density at radius 2 is 2.25 bits per heavy atom. The minimum absolute atomic E-state index is 0.238. The van der Waals surface area contributed by atoms with Crippen LogP contribution in [0, 0.1) is 16.7 Å². The van der Waals surface area contributed by atoms with Crippen LogP contribution in [0.4, 0.5) is 0 Å². The summed E-state index contributed by atoms with van der Waals surface area (Å²) in [6, 6.07) is 2.29. The summed E-state index contributed by atoms with van der Waals surface area (Å²) in [5.41, 5.74) is -0.238. The number of nitrogens with one attached hydrogen (secondary N) is 1. The van der Waals surface area contributed by atoms with E-state index in [0.717, 1.165) is 31.8 Å².